The van der Waals surface area contributed by atoms with E-state index in [1.807, 2.05) is 37.3 Å². The van der Waals surface area contributed by atoms with E-state index in [2.05, 4.69) is 9.97 Å². The number of fused-ring (bicyclic) bond motifs is 1. The van der Waals surface area contributed by atoms with Crippen LogP contribution in [-0.2, 0) is 0 Å². The van der Waals surface area contributed by atoms with E-state index in [0.717, 1.165) is 11.1 Å². The van der Waals surface area contributed by atoms with Crippen LogP contribution in [0.1, 0.15) is 5.56 Å². The van der Waals surface area contributed by atoms with Gasteiger partial charge in [0, 0.05) is 11.9 Å². The first-order valence-corrected chi connectivity index (χ1v) is 5.33. The number of pyridine rings is 1. The lowest BCUT2D eigenvalue weighted by Crippen LogP contribution is -1.93. The van der Waals surface area contributed by atoms with Gasteiger partial charge < -0.3 is 10.2 Å². The molecule has 4 heteroatoms. The molecule has 0 fully saturated rings. The molecule has 0 aliphatic carbocycles. The molecule has 3 aromatic rings. The highest BCUT2D eigenvalue weighted by atomic mass is 16.3. The smallest absolute Gasteiger partial charge is 0.230 e. The number of nitrogens with two attached hydrogens (primary N) is 1. The Bertz CT molecular complexity index is 655. The van der Waals surface area contributed by atoms with Gasteiger partial charge in [0.05, 0.1) is 5.56 Å². The maximum absolute atomic E-state index is 6.02. The number of aromatic nitrogens is 2. The molecule has 2 N–H and O–H groups in total. The van der Waals surface area contributed by atoms with Gasteiger partial charge in [0.25, 0.3) is 0 Å². The lowest BCUT2D eigenvalue weighted by Gasteiger charge is -2.03. The number of benzene rings is 1. The van der Waals surface area contributed by atoms with Crippen molar-refractivity contribution in [3.8, 4) is 11.5 Å². The summed E-state index contributed by atoms with van der Waals surface area (Å²) >= 11 is 0. The van der Waals surface area contributed by atoms with Crippen molar-refractivity contribution in [3.05, 3.63) is 42.1 Å². The van der Waals surface area contributed by atoms with Crippen molar-refractivity contribution in [1.82, 2.24) is 9.97 Å². The van der Waals surface area contributed by atoms with Crippen molar-refractivity contribution < 1.29 is 4.42 Å². The first-order chi connectivity index (χ1) is 8.25. The Hall–Kier alpha value is -2.36. The fourth-order valence-electron chi connectivity index (χ4n) is 1.75. The summed E-state index contributed by atoms with van der Waals surface area (Å²) in [6.45, 7) is 1.96. The van der Waals surface area contributed by atoms with E-state index in [9.17, 15) is 0 Å². The van der Waals surface area contributed by atoms with Crippen molar-refractivity contribution in [3.63, 3.8) is 0 Å². The number of rotatable bonds is 1. The van der Waals surface area contributed by atoms with Crippen molar-refractivity contribution in [1.29, 1.82) is 0 Å². The number of aryl methyl sites for hydroxylation is 1. The van der Waals surface area contributed by atoms with Crippen LogP contribution in [0.2, 0.25) is 0 Å². The Labute approximate surface area is 98.1 Å². The number of anilines is 1. The average molecular weight is 225 g/mol. The molecule has 0 bridgehead atoms. The molecule has 0 amide bonds. The predicted octanol–water partition coefficient (Wildman–Crippen LogP) is 2.78. The molecule has 0 aliphatic heterocycles. The highest BCUT2D eigenvalue weighted by Crippen LogP contribution is 2.29. The molecular weight excluding hydrogens is 214 g/mol. The normalized spacial score (nSPS) is 10.9. The number of hydrogen-bond donors (Lipinski definition) is 1. The summed E-state index contributed by atoms with van der Waals surface area (Å²) in [4.78, 5) is 8.46. The summed E-state index contributed by atoms with van der Waals surface area (Å²) in [6.07, 6.45) is 1.69. The van der Waals surface area contributed by atoms with Gasteiger partial charge >= 0.3 is 0 Å². The number of hydrogen-bond acceptors (Lipinski definition) is 4. The minimum absolute atomic E-state index is 0.514. The summed E-state index contributed by atoms with van der Waals surface area (Å²) in [7, 11) is 0. The molecule has 17 heavy (non-hydrogen) atoms. The maximum atomic E-state index is 6.02. The zero-order chi connectivity index (χ0) is 11.8. The first kappa shape index (κ1) is 9.84. The van der Waals surface area contributed by atoms with Gasteiger partial charge in [0.2, 0.25) is 5.89 Å². The number of oxazole rings is 1. The summed E-state index contributed by atoms with van der Waals surface area (Å²) in [5.41, 5.74) is 9.80. The molecule has 0 saturated carbocycles. The molecule has 0 saturated heterocycles. The lowest BCUT2D eigenvalue weighted by atomic mass is 10.1. The van der Waals surface area contributed by atoms with Gasteiger partial charge in [-0.25, -0.2) is 4.98 Å². The molecule has 4 nitrogen and oxygen atoms in total. The fourth-order valence-corrected chi connectivity index (χ4v) is 1.75. The Morgan fingerprint density at radius 2 is 2.06 bits per heavy atom. The second-order valence-corrected chi connectivity index (χ2v) is 3.88. The minimum Gasteiger partial charge on any atom is -0.434 e. The molecule has 2 aromatic heterocycles. The largest absolute Gasteiger partial charge is 0.434 e. The highest BCUT2D eigenvalue weighted by molar-refractivity contribution is 5.78. The van der Waals surface area contributed by atoms with E-state index in [0.29, 0.717) is 22.8 Å². The average Bonchev–Trinajstić information content (AvgIpc) is 2.76. The van der Waals surface area contributed by atoms with Gasteiger partial charge in [-0.15, -0.1) is 0 Å². The van der Waals surface area contributed by atoms with Crippen LogP contribution >= 0.6 is 0 Å². The minimum atomic E-state index is 0.514. The Morgan fingerprint density at radius 3 is 2.88 bits per heavy atom. The molecule has 3 rings (SSSR count). The Morgan fingerprint density at radius 1 is 1.18 bits per heavy atom. The molecular formula is C13H11N3O. The van der Waals surface area contributed by atoms with Crippen LogP contribution < -0.4 is 5.73 Å². The molecule has 84 valence electrons. The van der Waals surface area contributed by atoms with Crippen LogP contribution in [0.15, 0.2) is 40.9 Å². The third-order valence-electron chi connectivity index (χ3n) is 2.72. The van der Waals surface area contributed by atoms with E-state index in [1.165, 1.54) is 0 Å². The standard InChI is InChI=1S/C13H11N3O/c1-8-4-2-5-9(11(8)14)13-16-12-10(17-13)6-3-7-15-12/h2-7H,14H2,1H3. The molecule has 0 aliphatic rings. The third-order valence-corrected chi connectivity index (χ3v) is 2.72. The van der Waals surface area contributed by atoms with E-state index >= 15 is 0 Å². The molecule has 2 heterocycles. The highest BCUT2D eigenvalue weighted by Gasteiger charge is 2.12. The zero-order valence-electron chi connectivity index (χ0n) is 9.34. The van der Waals surface area contributed by atoms with E-state index < -0.39 is 0 Å². The monoisotopic (exact) mass is 225 g/mol. The van der Waals surface area contributed by atoms with Crippen molar-refractivity contribution in [2.75, 3.05) is 5.73 Å². The third kappa shape index (κ3) is 1.54. The summed E-state index contributed by atoms with van der Waals surface area (Å²) in [5, 5.41) is 0. The first-order valence-electron chi connectivity index (χ1n) is 5.33. The zero-order valence-corrected chi connectivity index (χ0v) is 9.34. The number of nitrogen functional groups attached to an aromatic ring is 1. The van der Waals surface area contributed by atoms with Gasteiger partial charge in [0.1, 0.15) is 0 Å². The van der Waals surface area contributed by atoms with Crippen LogP contribution in [-0.4, -0.2) is 9.97 Å². The van der Waals surface area contributed by atoms with Crippen LogP contribution in [0.25, 0.3) is 22.7 Å². The topological polar surface area (TPSA) is 64.9 Å². The Kier molecular flexibility index (Phi) is 2.08. The van der Waals surface area contributed by atoms with Crippen LogP contribution in [0, 0.1) is 6.92 Å². The van der Waals surface area contributed by atoms with E-state index in [1.54, 1.807) is 6.20 Å². The Balaban J connectivity index is 2.24. The molecule has 0 radical (unpaired) electrons. The van der Waals surface area contributed by atoms with Gasteiger partial charge in [-0.2, -0.15) is 4.98 Å². The number of para-hydroxylation sites is 1. The maximum Gasteiger partial charge on any atom is 0.230 e. The van der Waals surface area contributed by atoms with Crippen LogP contribution in [0.3, 0.4) is 0 Å². The number of nitrogens with zero attached hydrogens (tertiary/aromatic N) is 2. The van der Waals surface area contributed by atoms with E-state index in [-0.39, 0.29) is 0 Å². The quantitative estimate of drug-likeness (QED) is 0.647. The SMILES string of the molecule is Cc1cccc(-c2nc3ncccc3o2)c1N. The summed E-state index contributed by atoms with van der Waals surface area (Å²) < 4.78 is 5.64. The fraction of sp³-hybridized carbons (Fsp3) is 0.0769. The van der Waals surface area contributed by atoms with Crippen molar-refractivity contribution in [2.24, 2.45) is 0 Å². The van der Waals surface area contributed by atoms with Gasteiger partial charge in [0.15, 0.2) is 11.2 Å². The van der Waals surface area contributed by atoms with Crippen LogP contribution in [0.4, 0.5) is 5.69 Å². The molecule has 0 unspecified atom stereocenters. The van der Waals surface area contributed by atoms with Gasteiger partial charge in [-0.05, 0) is 30.7 Å². The summed E-state index contributed by atoms with van der Waals surface area (Å²) in [5.74, 6) is 0.514. The summed E-state index contributed by atoms with van der Waals surface area (Å²) in [6, 6.07) is 9.44. The van der Waals surface area contributed by atoms with Crippen LogP contribution in [0.5, 0.6) is 0 Å². The van der Waals surface area contributed by atoms with Crippen molar-refractivity contribution >= 4 is 16.9 Å². The second kappa shape index (κ2) is 3.59. The van der Waals surface area contributed by atoms with Gasteiger partial charge in [-0.3, -0.25) is 0 Å². The second-order valence-electron chi connectivity index (χ2n) is 3.88. The lowest BCUT2D eigenvalue weighted by molar-refractivity contribution is 0.620. The molecule has 1 aromatic carbocycles. The predicted molar refractivity (Wildman–Crippen MR) is 66.4 cm³/mol. The van der Waals surface area contributed by atoms with E-state index in [4.69, 9.17) is 10.2 Å². The van der Waals surface area contributed by atoms with Gasteiger partial charge in [-0.1, -0.05) is 12.1 Å². The molecule has 0 atom stereocenters. The molecule has 0 spiro atoms. The van der Waals surface area contributed by atoms with Crippen molar-refractivity contribution in [2.45, 2.75) is 6.92 Å².